The lowest BCUT2D eigenvalue weighted by Gasteiger charge is -2.20. The maximum absolute atomic E-state index is 13.8. The molecule has 2 amide bonds. The maximum Gasteiger partial charge on any atom is 0.278 e. The summed E-state index contributed by atoms with van der Waals surface area (Å²) in [5, 5.41) is 6.19. The molecule has 1 unspecified atom stereocenters. The molecule has 1 heterocycles. The number of carbonyl (C=O) groups excluding carboxylic acids is 2. The largest absolute Gasteiger partial charge is 0.326 e. The van der Waals surface area contributed by atoms with Crippen molar-refractivity contribution in [2.75, 3.05) is 10.6 Å². The van der Waals surface area contributed by atoms with Crippen LogP contribution in [0.3, 0.4) is 0 Å². The molecule has 8 heteroatoms. The van der Waals surface area contributed by atoms with Crippen LogP contribution in [0.15, 0.2) is 65.5 Å². The standard InChI is InChI=1S/C27H25ClN4O3/c1-15-12-13-22(29-18(4)33)19(14-15)25-27(35)32(24-11-6-5-9-23(24)30-25)17(3)26(34)31-21-10-7-8-20(28)16(21)2/h5-14,17H,1-4H3,(H,29,33)(H,31,34). The molecular formula is C27H25ClN4O3. The molecule has 0 fully saturated rings. The van der Waals surface area contributed by atoms with E-state index in [9.17, 15) is 14.4 Å². The first kappa shape index (κ1) is 24.2. The summed E-state index contributed by atoms with van der Waals surface area (Å²) in [6.45, 7) is 6.78. The number of amides is 2. The molecule has 0 aliphatic rings. The van der Waals surface area contributed by atoms with Gasteiger partial charge in [0.05, 0.1) is 16.7 Å². The molecule has 0 radical (unpaired) electrons. The predicted octanol–water partition coefficient (Wildman–Crippen LogP) is 5.49. The minimum Gasteiger partial charge on any atom is -0.326 e. The van der Waals surface area contributed by atoms with Gasteiger partial charge in [-0.2, -0.15) is 0 Å². The Kier molecular flexibility index (Phi) is 6.71. The van der Waals surface area contributed by atoms with Gasteiger partial charge >= 0.3 is 0 Å². The Hall–Kier alpha value is -3.97. The second-order valence-corrected chi connectivity index (χ2v) is 8.84. The van der Waals surface area contributed by atoms with Crippen LogP contribution >= 0.6 is 11.6 Å². The van der Waals surface area contributed by atoms with Crippen molar-refractivity contribution in [1.29, 1.82) is 0 Å². The van der Waals surface area contributed by atoms with E-state index >= 15 is 0 Å². The number of nitrogens with zero attached hydrogens (tertiary/aromatic N) is 2. The fraction of sp³-hybridized carbons (Fsp3) is 0.185. The van der Waals surface area contributed by atoms with Crippen molar-refractivity contribution in [2.24, 2.45) is 0 Å². The van der Waals surface area contributed by atoms with Crippen molar-refractivity contribution in [2.45, 2.75) is 33.7 Å². The average molecular weight is 489 g/mol. The van der Waals surface area contributed by atoms with Gasteiger partial charge in [-0.1, -0.05) is 41.4 Å². The highest BCUT2D eigenvalue weighted by Gasteiger charge is 2.23. The number of hydrogen-bond acceptors (Lipinski definition) is 4. The Morgan fingerprint density at radius 2 is 1.71 bits per heavy atom. The number of rotatable bonds is 5. The minimum absolute atomic E-state index is 0.148. The van der Waals surface area contributed by atoms with Crippen molar-refractivity contribution in [1.82, 2.24) is 9.55 Å². The van der Waals surface area contributed by atoms with Crippen LogP contribution in [-0.4, -0.2) is 21.4 Å². The lowest BCUT2D eigenvalue weighted by Crippen LogP contribution is -2.33. The molecule has 0 aliphatic carbocycles. The lowest BCUT2D eigenvalue weighted by molar-refractivity contribution is -0.118. The van der Waals surface area contributed by atoms with Crippen molar-refractivity contribution in [3.63, 3.8) is 0 Å². The monoisotopic (exact) mass is 488 g/mol. The molecule has 0 saturated heterocycles. The van der Waals surface area contributed by atoms with Gasteiger partial charge in [0.25, 0.3) is 5.56 Å². The Morgan fingerprint density at radius 3 is 2.46 bits per heavy atom. The highest BCUT2D eigenvalue weighted by molar-refractivity contribution is 6.31. The van der Waals surface area contributed by atoms with Crippen LogP contribution in [0.25, 0.3) is 22.3 Å². The van der Waals surface area contributed by atoms with Crippen LogP contribution in [-0.2, 0) is 9.59 Å². The summed E-state index contributed by atoms with van der Waals surface area (Å²) in [7, 11) is 0. The van der Waals surface area contributed by atoms with Crippen LogP contribution in [0.5, 0.6) is 0 Å². The summed E-state index contributed by atoms with van der Waals surface area (Å²) in [6, 6.07) is 16.9. The van der Waals surface area contributed by atoms with Crippen LogP contribution in [0, 0.1) is 13.8 Å². The lowest BCUT2D eigenvalue weighted by atomic mass is 10.1. The van der Waals surface area contributed by atoms with E-state index in [1.165, 1.54) is 11.5 Å². The summed E-state index contributed by atoms with van der Waals surface area (Å²) in [5.74, 6) is -0.632. The van der Waals surface area contributed by atoms with Crippen LogP contribution < -0.4 is 16.2 Å². The maximum atomic E-state index is 13.8. The Balaban J connectivity index is 1.88. The predicted molar refractivity (Wildman–Crippen MR) is 140 cm³/mol. The van der Waals surface area contributed by atoms with E-state index in [2.05, 4.69) is 15.6 Å². The van der Waals surface area contributed by atoms with Gasteiger partial charge < -0.3 is 10.6 Å². The summed E-state index contributed by atoms with van der Waals surface area (Å²) >= 11 is 6.20. The molecule has 1 atom stereocenters. The third-order valence-electron chi connectivity index (χ3n) is 5.83. The SMILES string of the molecule is CC(=O)Nc1ccc(C)cc1-c1nc2ccccc2n(C(C)C(=O)Nc2cccc(Cl)c2C)c1=O. The zero-order chi connectivity index (χ0) is 25.3. The normalized spacial score (nSPS) is 11.8. The molecule has 4 rings (SSSR count). The van der Waals surface area contributed by atoms with Crippen molar-refractivity contribution in [3.8, 4) is 11.3 Å². The zero-order valence-electron chi connectivity index (χ0n) is 19.8. The third kappa shape index (κ3) is 4.81. The number of aromatic nitrogens is 2. The van der Waals surface area contributed by atoms with Gasteiger partial charge in [0.1, 0.15) is 11.7 Å². The summed E-state index contributed by atoms with van der Waals surface area (Å²) in [4.78, 5) is 43.6. The van der Waals surface area contributed by atoms with Crippen LogP contribution in [0.1, 0.15) is 31.0 Å². The van der Waals surface area contributed by atoms with E-state index < -0.39 is 11.6 Å². The molecule has 7 nitrogen and oxygen atoms in total. The number of carbonyl (C=O) groups is 2. The fourth-order valence-corrected chi connectivity index (χ4v) is 4.14. The molecule has 0 bridgehead atoms. The van der Waals surface area contributed by atoms with Gasteiger partial charge in [-0.25, -0.2) is 4.98 Å². The van der Waals surface area contributed by atoms with Crippen LogP contribution in [0.2, 0.25) is 5.02 Å². The van der Waals surface area contributed by atoms with Gasteiger partial charge in [-0.05, 0) is 62.7 Å². The number of aryl methyl sites for hydroxylation is 1. The molecule has 1 aromatic heterocycles. The number of halogens is 1. The molecule has 0 spiro atoms. The summed E-state index contributed by atoms with van der Waals surface area (Å²) in [6.07, 6.45) is 0. The number of benzene rings is 3. The molecule has 4 aromatic rings. The van der Waals surface area contributed by atoms with E-state index in [4.69, 9.17) is 11.6 Å². The quantitative estimate of drug-likeness (QED) is 0.388. The molecule has 178 valence electrons. The number of hydrogen-bond donors (Lipinski definition) is 2. The first-order chi connectivity index (χ1) is 16.7. The van der Waals surface area contributed by atoms with E-state index in [1.807, 2.05) is 26.0 Å². The number of fused-ring (bicyclic) bond motifs is 1. The number of anilines is 2. The van der Waals surface area contributed by atoms with Gasteiger partial charge in [-0.15, -0.1) is 0 Å². The molecule has 35 heavy (non-hydrogen) atoms. The second-order valence-electron chi connectivity index (χ2n) is 8.43. The summed E-state index contributed by atoms with van der Waals surface area (Å²) < 4.78 is 1.44. The molecule has 2 N–H and O–H groups in total. The van der Waals surface area contributed by atoms with Crippen molar-refractivity contribution < 1.29 is 9.59 Å². The van der Waals surface area contributed by atoms with E-state index in [-0.39, 0.29) is 17.5 Å². The highest BCUT2D eigenvalue weighted by Crippen LogP contribution is 2.29. The average Bonchev–Trinajstić information content (AvgIpc) is 2.82. The fourth-order valence-electron chi connectivity index (χ4n) is 3.96. The van der Waals surface area contributed by atoms with E-state index in [1.54, 1.807) is 55.5 Å². The first-order valence-corrected chi connectivity index (χ1v) is 11.5. The molecule has 0 aliphatic heterocycles. The number of para-hydroxylation sites is 2. The summed E-state index contributed by atoms with van der Waals surface area (Å²) in [5.41, 5.74) is 3.97. The van der Waals surface area contributed by atoms with Gasteiger partial charge in [0.15, 0.2) is 0 Å². The van der Waals surface area contributed by atoms with Crippen LogP contribution in [0.4, 0.5) is 11.4 Å². The molecular weight excluding hydrogens is 464 g/mol. The third-order valence-corrected chi connectivity index (χ3v) is 6.24. The van der Waals surface area contributed by atoms with E-state index in [0.29, 0.717) is 33.0 Å². The zero-order valence-corrected chi connectivity index (χ0v) is 20.6. The Morgan fingerprint density at radius 1 is 0.971 bits per heavy atom. The Labute approximate surface area is 207 Å². The number of nitrogens with one attached hydrogen (secondary N) is 2. The smallest absolute Gasteiger partial charge is 0.278 e. The minimum atomic E-state index is -0.860. The second kappa shape index (κ2) is 9.72. The topological polar surface area (TPSA) is 93.1 Å². The molecule has 3 aromatic carbocycles. The van der Waals surface area contributed by atoms with Crippen molar-refractivity contribution >= 4 is 45.8 Å². The van der Waals surface area contributed by atoms with Gasteiger partial charge in [-0.3, -0.25) is 19.0 Å². The highest BCUT2D eigenvalue weighted by atomic mass is 35.5. The first-order valence-electron chi connectivity index (χ1n) is 11.1. The van der Waals surface area contributed by atoms with Gasteiger partial charge in [0, 0.05) is 23.2 Å². The van der Waals surface area contributed by atoms with Crippen molar-refractivity contribution in [3.05, 3.63) is 87.2 Å². The van der Waals surface area contributed by atoms with Gasteiger partial charge in [0.2, 0.25) is 11.8 Å². The molecule has 0 saturated carbocycles. The van der Waals surface area contributed by atoms with E-state index in [0.717, 1.165) is 11.1 Å². The Bertz CT molecular complexity index is 1530.